The smallest absolute Gasteiger partial charge is 0.150 e. The van der Waals surface area contributed by atoms with Gasteiger partial charge in [0.15, 0.2) is 0 Å². The van der Waals surface area contributed by atoms with Gasteiger partial charge in [0.25, 0.3) is 0 Å². The monoisotopic (exact) mass is 855 g/mol. The third-order valence-corrected chi connectivity index (χ3v) is 10.7. The van der Waals surface area contributed by atoms with Gasteiger partial charge in [-0.05, 0) is 98.2 Å². The molecular weight excluding hydrogens is 761 g/mol. The van der Waals surface area contributed by atoms with Crippen LogP contribution >= 0.6 is 7.57 Å². The highest BCUT2D eigenvalue weighted by molar-refractivity contribution is 7.57. The molecule has 0 saturated heterocycles. The van der Waals surface area contributed by atoms with Crippen LogP contribution in [0.25, 0.3) is 0 Å². The molecule has 4 unspecified atom stereocenters. The Morgan fingerprint density at radius 1 is 0.724 bits per heavy atom. The van der Waals surface area contributed by atoms with Crippen molar-refractivity contribution in [3.8, 4) is 0 Å². The molecule has 0 spiro atoms. The number of methoxy groups -OCH3 is 3. The molecule has 0 saturated carbocycles. The number of ether oxygens (including phenoxy) is 3. The van der Waals surface area contributed by atoms with Gasteiger partial charge in [-0.25, -0.2) is 0 Å². The van der Waals surface area contributed by atoms with E-state index in [2.05, 4.69) is 67.5 Å². The zero-order valence-corrected chi connectivity index (χ0v) is 40.7. The maximum Gasteiger partial charge on any atom is 0.150 e. The first-order valence-corrected chi connectivity index (χ1v) is 23.1. The van der Waals surface area contributed by atoms with E-state index >= 15 is 0 Å². The van der Waals surface area contributed by atoms with Crippen LogP contribution in [0, 0.1) is 28.6 Å². The molecule has 5 atom stereocenters. The number of nitrogens with one attached hydrogen (secondary N) is 5. The molecule has 0 aromatic carbocycles. The van der Waals surface area contributed by atoms with Crippen LogP contribution in [0.4, 0.5) is 0 Å². The van der Waals surface area contributed by atoms with Crippen LogP contribution in [0.3, 0.4) is 0 Å². The lowest BCUT2D eigenvalue weighted by molar-refractivity contribution is -0.209. The van der Waals surface area contributed by atoms with Crippen molar-refractivity contribution < 1.29 is 42.8 Å². The molecular formula is C43H93N5O9P-. The number of Topliss-reactive ketones (excluding diaryl/α,β-unsaturated/α-hetero) is 2. The second-order valence-electron chi connectivity index (χ2n) is 17.5. The summed E-state index contributed by atoms with van der Waals surface area (Å²) in [4.78, 5) is 37.1. The van der Waals surface area contributed by atoms with Gasteiger partial charge in [0.2, 0.25) is 0 Å². The van der Waals surface area contributed by atoms with Gasteiger partial charge in [0, 0.05) is 58.6 Å². The van der Waals surface area contributed by atoms with Crippen molar-refractivity contribution in [2.45, 2.75) is 124 Å². The predicted octanol–water partition coefficient (Wildman–Crippen LogP) is 4.29. The van der Waals surface area contributed by atoms with Gasteiger partial charge in [-0.3, -0.25) is 9.59 Å². The molecule has 58 heavy (non-hydrogen) atoms. The number of hydrogen-bond donors (Lipinski definition) is 6. The van der Waals surface area contributed by atoms with Crippen molar-refractivity contribution in [3.05, 3.63) is 0 Å². The predicted molar refractivity (Wildman–Crippen MR) is 242 cm³/mol. The Hall–Kier alpha value is -0.840. The summed E-state index contributed by atoms with van der Waals surface area (Å²) in [7, 11) is 11.1. The minimum absolute atomic E-state index is 0.00392. The maximum absolute atomic E-state index is 12.6. The summed E-state index contributed by atoms with van der Waals surface area (Å²) in [6.07, 6.45) is 11.6. The molecule has 0 rings (SSSR count). The molecule has 15 heteroatoms. The average molecular weight is 855 g/mol. The molecule has 14 nitrogen and oxygen atoms in total. The normalized spacial score (nSPS) is 15.2. The Balaban J connectivity index is -0.000000810. The van der Waals surface area contributed by atoms with E-state index in [4.69, 9.17) is 28.4 Å². The van der Waals surface area contributed by atoms with Gasteiger partial charge >= 0.3 is 0 Å². The lowest BCUT2D eigenvalue weighted by Crippen LogP contribution is -2.37. The van der Waals surface area contributed by atoms with Crippen molar-refractivity contribution in [3.63, 3.8) is 0 Å². The van der Waals surface area contributed by atoms with Crippen LogP contribution in [0.1, 0.15) is 106 Å². The molecule has 0 aliphatic heterocycles. The lowest BCUT2D eigenvalue weighted by atomic mass is 9.82. The minimum atomic E-state index is -3.35. The van der Waals surface area contributed by atoms with Crippen molar-refractivity contribution in [1.29, 1.82) is 0 Å². The van der Waals surface area contributed by atoms with E-state index in [1.807, 2.05) is 42.0 Å². The zero-order chi connectivity index (χ0) is 45.2. The molecule has 0 fully saturated rings. The van der Waals surface area contributed by atoms with Gasteiger partial charge in [-0.2, -0.15) is 0 Å². The van der Waals surface area contributed by atoms with Gasteiger partial charge in [0.05, 0.1) is 51.7 Å². The van der Waals surface area contributed by atoms with Crippen LogP contribution in [0.2, 0.25) is 0 Å². The summed E-state index contributed by atoms with van der Waals surface area (Å²) in [6, 6.07) is -0.309. The largest absolute Gasteiger partial charge is 0.789 e. The zero-order valence-electron chi connectivity index (χ0n) is 39.9. The van der Waals surface area contributed by atoms with Gasteiger partial charge in [-0.15, -0.1) is 0 Å². The number of aliphatic hydroxyl groups is 1. The molecule has 0 aromatic rings. The average Bonchev–Trinajstić information content (AvgIpc) is 3.14. The Bertz CT molecular complexity index is 1010. The molecule has 0 amide bonds. The number of rotatable bonds is 34. The number of ketones is 2. The van der Waals surface area contributed by atoms with Gasteiger partial charge in [0.1, 0.15) is 11.6 Å². The summed E-state index contributed by atoms with van der Waals surface area (Å²) < 4.78 is 26.2. The highest BCUT2D eigenvalue weighted by Crippen LogP contribution is 2.38. The van der Waals surface area contributed by atoms with Gasteiger partial charge in [-0.1, -0.05) is 67.6 Å². The van der Waals surface area contributed by atoms with E-state index in [0.29, 0.717) is 32.2 Å². The molecule has 0 aliphatic rings. The molecule has 0 aliphatic carbocycles. The number of likely N-dealkylation sites (N-methyl/N-ethyl adjacent to an activating group) is 3. The van der Waals surface area contributed by atoms with E-state index < -0.39 is 7.57 Å². The standard InChI is InChI=1S/C19H39N3O2.C13H30N2O4P.C11H24O3/c1-15(2)19(24)16(10-6-8-12-20-3)14-18(23)17(22-5)11-7-9-13-21-4;1-13(2,3)7-11(14-4)9-18-20(6,17)19-10-12(8-16)15-5;1-10(2)6-11(7-12-3,8-13-4)9-14-5/h15-17,20-22H,6-14H2,1-5H3;11-12,14-16H,6-10H2,1-5H3;10H,6-9H2,1-5H3/q;-1;/t16?,17-;;/m0../s1. The van der Waals surface area contributed by atoms with E-state index in [0.717, 1.165) is 64.5 Å². The van der Waals surface area contributed by atoms with Crippen molar-refractivity contribution in [2.75, 3.05) is 109 Å². The lowest BCUT2D eigenvalue weighted by Gasteiger charge is -2.34. The Kier molecular flexibility index (Phi) is 39.0. The third kappa shape index (κ3) is 33.8. The molecule has 0 aromatic heterocycles. The van der Waals surface area contributed by atoms with Crippen LogP contribution in [-0.4, -0.2) is 150 Å². The van der Waals surface area contributed by atoms with Crippen LogP contribution < -0.4 is 31.5 Å². The van der Waals surface area contributed by atoms with E-state index in [9.17, 15) is 14.5 Å². The molecule has 0 radical (unpaired) electrons. The SMILES string of the molecule is C=P([O-])(OCC(CO)NC)OCC(CC(C)(C)C)NC.CNCCCCC(CC(=O)[C@H](CCCCNC)NC)C(=O)C(C)C.COCC(COC)(COC)CC(C)C. The Morgan fingerprint density at radius 3 is 1.55 bits per heavy atom. The summed E-state index contributed by atoms with van der Waals surface area (Å²) in [6.45, 7) is 18.9. The fourth-order valence-electron chi connectivity index (χ4n) is 6.75. The minimum Gasteiger partial charge on any atom is -0.789 e. The number of hydrogen-bond acceptors (Lipinski definition) is 14. The number of carbonyl (C=O) groups is 2. The Morgan fingerprint density at radius 2 is 1.19 bits per heavy atom. The number of carbonyl (C=O) groups excluding carboxylic acids is 2. The summed E-state index contributed by atoms with van der Waals surface area (Å²) in [5, 5.41) is 24.4. The van der Waals surface area contributed by atoms with E-state index in [1.165, 1.54) is 0 Å². The van der Waals surface area contributed by atoms with E-state index in [-0.39, 0.29) is 72.2 Å². The summed E-state index contributed by atoms with van der Waals surface area (Å²) in [5.74, 6) is 0.918. The van der Waals surface area contributed by atoms with Gasteiger partial charge < -0.3 is 59.8 Å². The Labute approximate surface area is 356 Å². The maximum atomic E-state index is 12.6. The van der Waals surface area contributed by atoms with Crippen molar-refractivity contribution in [1.82, 2.24) is 26.6 Å². The fraction of sp³-hybridized carbons (Fsp3) is 0.930. The second-order valence-corrected chi connectivity index (χ2v) is 19.2. The first-order valence-electron chi connectivity index (χ1n) is 21.4. The molecule has 6 N–H and O–H groups in total. The van der Waals surface area contributed by atoms with Crippen LogP contribution in [-0.2, 0) is 32.8 Å². The molecule has 350 valence electrons. The number of unbranched alkanes of at least 4 members (excludes halogenated alkanes) is 2. The topological polar surface area (TPSA) is 184 Å². The molecule has 0 heterocycles. The van der Waals surface area contributed by atoms with E-state index in [1.54, 1.807) is 28.4 Å². The van der Waals surface area contributed by atoms with Crippen LogP contribution in [0.5, 0.6) is 0 Å². The first-order chi connectivity index (χ1) is 27.2. The quantitative estimate of drug-likeness (QED) is 0.0398. The van der Waals surface area contributed by atoms with Crippen molar-refractivity contribution in [2.24, 2.45) is 28.6 Å². The van der Waals surface area contributed by atoms with Crippen LogP contribution in [0.15, 0.2) is 0 Å². The third-order valence-electron chi connectivity index (χ3n) is 9.59. The van der Waals surface area contributed by atoms with Crippen molar-refractivity contribution >= 4 is 25.4 Å². The summed E-state index contributed by atoms with van der Waals surface area (Å²) >= 11 is 0. The fourth-order valence-corrected chi connectivity index (χ4v) is 7.64. The highest BCUT2D eigenvalue weighted by atomic mass is 31.2. The first kappa shape index (κ1) is 61.5. The summed E-state index contributed by atoms with van der Waals surface area (Å²) in [5.41, 5.74) is 0.156. The molecule has 0 bridgehead atoms. The number of aliphatic hydroxyl groups excluding tert-OH is 1. The second kappa shape index (κ2) is 36.8. The highest BCUT2D eigenvalue weighted by Gasteiger charge is 2.31.